The van der Waals surface area contributed by atoms with Crippen LogP contribution < -0.4 is 5.32 Å². The highest BCUT2D eigenvalue weighted by molar-refractivity contribution is 6.35. The zero-order chi connectivity index (χ0) is 15.4. The zero-order valence-electron chi connectivity index (χ0n) is 12.6. The second-order valence-electron chi connectivity index (χ2n) is 6.03. The monoisotopic (exact) mass is 332 g/mol. The van der Waals surface area contributed by atoms with Gasteiger partial charge in [-0.1, -0.05) is 30.1 Å². The molecule has 21 heavy (non-hydrogen) atoms. The molecule has 1 aromatic carbocycles. The van der Waals surface area contributed by atoms with E-state index < -0.39 is 5.82 Å². The van der Waals surface area contributed by atoms with Crippen LogP contribution in [0.3, 0.4) is 0 Å². The molecule has 0 aliphatic carbocycles. The number of hydrogen-bond donors (Lipinski definition) is 1. The molecule has 0 bridgehead atoms. The number of rotatable bonds is 6. The third-order valence-electron chi connectivity index (χ3n) is 4.05. The minimum atomic E-state index is -0.421. The molecule has 1 aromatic rings. The van der Waals surface area contributed by atoms with Crippen molar-refractivity contribution in [1.82, 2.24) is 10.2 Å². The van der Waals surface area contributed by atoms with Gasteiger partial charge in [0.1, 0.15) is 5.82 Å². The smallest absolute Gasteiger partial charge is 0.142 e. The van der Waals surface area contributed by atoms with Gasteiger partial charge in [0.25, 0.3) is 0 Å². The average Bonchev–Trinajstić information content (AvgIpc) is 2.93. The first-order valence-electron chi connectivity index (χ1n) is 7.57. The Hall–Kier alpha value is -0.350. The molecular weight excluding hydrogens is 310 g/mol. The molecule has 0 amide bonds. The molecule has 0 radical (unpaired) electrons. The van der Waals surface area contributed by atoms with Crippen LogP contribution in [-0.4, -0.2) is 31.1 Å². The van der Waals surface area contributed by atoms with E-state index in [4.69, 9.17) is 23.2 Å². The van der Waals surface area contributed by atoms with Crippen molar-refractivity contribution in [3.8, 4) is 0 Å². The van der Waals surface area contributed by atoms with Crippen LogP contribution in [-0.2, 0) is 0 Å². The first-order chi connectivity index (χ1) is 9.97. The Bertz CT molecular complexity index is 476. The average molecular weight is 333 g/mol. The van der Waals surface area contributed by atoms with E-state index in [0.717, 1.165) is 18.7 Å². The second kappa shape index (κ2) is 7.77. The van der Waals surface area contributed by atoms with Crippen molar-refractivity contribution in [3.63, 3.8) is 0 Å². The molecule has 1 saturated heterocycles. The fourth-order valence-electron chi connectivity index (χ4n) is 2.83. The lowest BCUT2D eigenvalue weighted by Crippen LogP contribution is -2.32. The minimum Gasteiger partial charge on any atom is -0.310 e. The minimum absolute atomic E-state index is 0.00490. The summed E-state index contributed by atoms with van der Waals surface area (Å²) in [7, 11) is 0. The van der Waals surface area contributed by atoms with Gasteiger partial charge in [-0.25, -0.2) is 4.39 Å². The number of likely N-dealkylation sites (tertiary alicyclic amines) is 1. The molecule has 1 fully saturated rings. The fraction of sp³-hybridized carbons (Fsp3) is 0.625. The molecule has 5 heteroatoms. The van der Waals surface area contributed by atoms with Crippen molar-refractivity contribution < 1.29 is 4.39 Å². The standard InChI is InChI=1S/C16H23Cl2FN2/c1-11(10-21-5-3-4-6-21)9-20-12(2)13-7-16(19)15(18)8-14(13)17/h7-8,11-12,20H,3-6,9-10H2,1-2H3. The molecular formula is C16H23Cl2FN2. The van der Waals surface area contributed by atoms with Gasteiger partial charge in [0.05, 0.1) is 5.02 Å². The van der Waals surface area contributed by atoms with Crippen molar-refractivity contribution in [2.75, 3.05) is 26.2 Å². The highest BCUT2D eigenvalue weighted by Gasteiger charge is 2.17. The Balaban J connectivity index is 1.86. The Kier molecular flexibility index (Phi) is 6.30. The highest BCUT2D eigenvalue weighted by atomic mass is 35.5. The summed E-state index contributed by atoms with van der Waals surface area (Å²) >= 11 is 11.9. The summed E-state index contributed by atoms with van der Waals surface area (Å²) in [6, 6.07) is 2.90. The summed E-state index contributed by atoms with van der Waals surface area (Å²) in [4.78, 5) is 2.51. The quantitative estimate of drug-likeness (QED) is 0.770. The van der Waals surface area contributed by atoms with E-state index in [-0.39, 0.29) is 11.1 Å². The number of nitrogens with one attached hydrogen (secondary N) is 1. The van der Waals surface area contributed by atoms with Crippen LogP contribution in [0.15, 0.2) is 12.1 Å². The van der Waals surface area contributed by atoms with E-state index in [0.29, 0.717) is 10.9 Å². The SMILES string of the molecule is CC(CNC(C)c1cc(F)c(Cl)cc1Cl)CN1CCCC1. The molecule has 1 aliphatic heterocycles. The van der Waals surface area contributed by atoms with Gasteiger partial charge >= 0.3 is 0 Å². The summed E-state index contributed by atoms with van der Waals surface area (Å²) in [5, 5.41) is 4.02. The van der Waals surface area contributed by atoms with Crippen LogP contribution >= 0.6 is 23.2 Å². The van der Waals surface area contributed by atoms with Gasteiger partial charge in [-0.2, -0.15) is 0 Å². The summed E-state index contributed by atoms with van der Waals surface area (Å²) in [6.45, 7) is 8.67. The van der Waals surface area contributed by atoms with E-state index in [2.05, 4.69) is 17.1 Å². The highest BCUT2D eigenvalue weighted by Crippen LogP contribution is 2.28. The van der Waals surface area contributed by atoms with E-state index >= 15 is 0 Å². The van der Waals surface area contributed by atoms with Crippen LogP contribution in [0.4, 0.5) is 4.39 Å². The number of benzene rings is 1. The molecule has 2 unspecified atom stereocenters. The molecule has 1 N–H and O–H groups in total. The van der Waals surface area contributed by atoms with Crippen LogP contribution in [0, 0.1) is 11.7 Å². The summed E-state index contributed by atoms with van der Waals surface area (Å²) in [5.41, 5.74) is 0.756. The van der Waals surface area contributed by atoms with Gasteiger partial charge in [0, 0.05) is 17.6 Å². The largest absolute Gasteiger partial charge is 0.310 e. The Morgan fingerprint density at radius 3 is 2.52 bits per heavy atom. The zero-order valence-corrected chi connectivity index (χ0v) is 14.1. The molecule has 0 saturated carbocycles. The predicted molar refractivity (Wildman–Crippen MR) is 87.7 cm³/mol. The van der Waals surface area contributed by atoms with Crippen molar-refractivity contribution >= 4 is 23.2 Å². The lowest BCUT2D eigenvalue weighted by molar-refractivity contribution is 0.279. The first kappa shape index (κ1) is 17.0. The lowest BCUT2D eigenvalue weighted by atomic mass is 10.1. The van der Waals surface area contributed by atoms with Crippen molar-refractivity contribution in [2.45, 2.75) is 32.7 Å². The maximum absolute atomic E-state index is 13.6. The van der Waals surface area contributed by atoms with Gasteiger partial charge < -0.3 is 10.2 Å². The molecule has 2 nitrogen and oxygen atoms in total. The number of halogens is 3. The third-order valence-corrected chi connectivity index (χ3v) is 4.66. The van der Waals surface area contributed by atoms with Crippen LogP contribution in [0.5, 0.6) is 0 Å². The topological polar surface area (TPSA) is 15.3 Å². The van der Waals surface area contributed by atoms with Crippen molar-refractivity contribution in [2.24, 2.45) is 5.92 Å². The van der Waals surface area contributed by atoms with Crippen molar-refractivity contribution in [3.05, 3.63) is 33.6 Å². The van der Waals surface area contributed by atoms with E-state index in [1.807, 2.05) is 6.92 Å². The van der Waals surface area contributed by atoms with Gasteiger partial charge in [-0.3, -0.25) is 0 Å². The normalized spacial score (nSPS) is 18.9. The van der Waals surface area contributed by atoms with Gasteiger partial charge in [0.2, 0.25) is 0 Å². The number of hydrogen-bond acceptors (Lipinski definition) is 2. The predicted octanol–water partition coefficient (Wildman–Crippen LogP) is 4.52. The van der Waals surface area contributed by atoms with Gasteiger partial charge in [-0.05, 0) is 63.0 Å². The van der Waals surface area contributed by atoms with Crippen LogP contribution in [0.25, 0.3) is 0 Å². The molecule has 1 aliphatic rings. The molecule has 0 aromatic heterocycles. The van der Waals surface area contributed by atoms with Gasteiger partial charge in [-0.15, -0.1) is 0 Å². The summed E-state index contributed by atoms with van der Waals surface area (Å²) in [5.74, 6) is 0.135. The van der Waals surface area contributed by atoms with Gasteiger partial charge in [0.15, 0.2) is 0 Å². The maximum atomic E-state index is 13.6. The fourth-order valence-corrected chi connectivity index (χ4v) is 3.38. The van der Waals surface area contributed by atoms with E-state index in [9.17, 15) is 4.39 Å². The molecule has 2 atom stereocenters. The first-order valence-corrected chi connectivity index (χ1v) is 8.33. The summed E-state index contributed by atoms with van der Waals surface area (Å²) < 4.78 is 13.6. The molecule has 2 rings (SSSR count). The molecule has 1 heterocycles. The van der Waals surface area contributed by atoms with Crippen molar-refractivity contribution in [1.29, 1.82) is 0 Å². The third kappa shape index (κ3) is 4.82. The van der Waals surface area contributed by atoms with Crippen LogP contribution in [0.2, 0.25) is 10.0 Å². The maximum Gasteiger partial charge on any atom is 0.142 e. The Morgan fingerprint density at radius 1 is 1.19 bits per heavy atom. The Labute approximate surface area is 136 Å². The summed E-state index contributed by atoms with van der Waals surface area (Å²) in [6.07, 6.45) is 2.63. The van der Waals surface area contributed by atoms with E-state index in [1.165, 1.54) is 38.1 Å². The molecule has 118 valence electrons. The lowest BCUT2D eigenvalue weighted by Gasteiger charge is -2.23. The second-order valence-corrected chi connectivity index (χ2v) is 6.85. The molecule has 0 spiro atoms. The Morgan fingerprint density at radius 2 is 1.86 bits per heavy atom. The number of nitrogens with zero attached hydrogens (tertiary/aromatic N) is 1. The van der Waals surface area contributed by atoms with E-state index in [1.54, 1.807) is 0 Å². The van der Waals surface area contributed by atoms with Crippen LogP contribution in [0.1, 0.15) is 38.3 Å².